The molecule has 3 aromatic rings. The summed E-state index contributed by atoms with van der Waals surface area (Å²) >= 11 is 3.52. The Hall–Kier alpha value is -4.22. The number of imide groups is 1. The predicted molar refractivity (Wildman–Crippen MR) is 167 cm³/mol. The lowest BCUT2D eigenvalue weighted by Crippen LogP contribution is -2.70. The van der Waals surface area contributed by atoms with Crippen molar-refractivity contribution in [3.63, 3.8) is 0 Å². The van der Waals surface area contributed by atoms with Crippen LogP contribution in [0.1, 0.15) is 45.5 Å². The Morgan fingerprint density at radius 3 is 2.20 bits per heavy atom. The van der Waals surface area contributed by atoms with Gasteiger partial charge in [0.15, 0.2) is 0 Å². The second-order valence-electron chi connectivity index (χ2n) is 11.3. The van der Waals surface area contributed by atoms with Gasteiger partial charge in [0.1, 0.15) is 11.9 Å². The van der Waals surface area contributed by atoms with Crippen LogP contribution in [0.2, 0.25) is 0 Å². The van der Waals surface area contributed by atoms with Gasteiger partial charge in [-0.05, 0) is 60.5 Å². The first-order valence-corrected chi connectivity index (χ1v) is 15.4. The van der Waals surface area contributed by atoms with E-state index in [1.807, 2.05) is 24.3 Å². The van der Waals surface area contributed by atoms with Gasteiger partial charge in [-0.25, -0.2) is 4.79 Å². The number of urea groups is 1. The summed E-state index contributed by atoms with van der Waals surface area (Å²) in [7, 11) is 1.58. The van der Waals surface area contributed by atoms with Crippen LogP contribution in [0.5, 0.6) is 5.75 Å². The van der Waals surface area contributed by atoms with Crippen molar-refractivity contribution in [1.29, 1.82) is 0 Å². The zero-order valence-electron chi connectivity index (χ0n) is 24.4. The molecule has 3 aliphatic rings. The highest BCUT2D eigenvalue weighted by molar-refractivity contribution is 9.10. The molecule has 0 aliphatic carbocycles. The van der Waals surface area contributed by atoms with Crippen LogP contribution in [0.3, 0.4) is 0 Å². The van der Waals surface area contributed by atoms with Crippen LogP contribution in [-0.4, -0.2) is 90.0 Å². The van der Waals surface area contributed by atoms with E-state index in [4.69, 9.17) is 9.47 Å². The molecule has 4 amide bonds. The van der Waals surface area contributed by atoms with Gasteiger partial charge >= 0.3 is 12.0 Å². The van der Waals surface area contributed by atoms with Crippen molar-refractivity contribution in [1.82, 2.24) is 14.7 Å². The fraction of sp³-hybridized carbons (Fsp3) is 0.333. The van der Waals surface area contributed by atoms with Gasteiger partial charge in [0, 0.05) is 54.7 Å². The molecule has 3 aromatic carbocycles. The summed E-state index contributed by atoms with van der Waals surface area (Å²) in [5.74, 6) is -0.394. The lowest BCUT2D eigenvalue weighted by atomic mass is 9.73. The number of esters is 1. The molecule has 2 fully saturated rings. The van der Waals surface area contributed by atoms with Crippen LogP contribution in [0.25, 0.3) is 0 Å². The van der Waals surface area contributed by atoms with E-state index >= 15 is 0 Å². The lowest BCUT2D eigenvalue weighted by molar-refractivity contribution is -0.149. The van der Waals surface area contributed by atoms with Gasteiger partial charge in [-0.15, -0.1) is 0 Å². The van der Waals surface area contributed by atoms with Gasteiger partial charge in [0.2, 0.25) is 0 Å². The Morgan fingerprint density at radius 1 is 0.932 bits per heavy atom. The highest BCUT2D eigenvalue weighted by Crippen LogP contribution is 2.44. The quantitative estimate of drug-likeness (QED) is 0.300. The number of amides is 4. The molecular weight excluding hydrogens is 628 g/mol. The molecule has 0 aromatic heterocycles. The Morgan fingerprint density at radius 2 is 1.59 bits per heavy atom. The molecule has 44 heavy (non-hydrogen) atoms. The van der Waals surface area contributed by atoms with Crippen LogP contribution < -0.4 is 10.1 Å². The van der Waals surface area contributed by atoms with E-state index in [0.717, 1.165) is 10.0 Å². The van der Waals surface area contributed by atoms with Gasteiger partial charge in [-0.2, -0.15) is 0 Å². The number of nitrogens with zero attached hydrogens (tertiary/aromatic N) is 3. The highest BCUT2D eigenvalue weighted by Gasteiger charge is 2.53. The third-order valence-electron chi connectivity index (χ3n) is 8.69. The predicted octanol–water partition coefficient (Wildman–Crippen LogP) is 4.76. The summed E-state index contributed by atoms with van der Waals surface area (Å²) in [5, 5.41) is 2.97. The molecule has 228 valence electrons. The average Bonchev–Trinajstić information content (AvgIpc) is 3.24. The Kier molecular flexibility index (Phi) is 8.42. The zero-order chi connectivity index (χ0) is 31.0. The summed E-state index contributed by atoms with van der Waals surface area (Å²) in [6, 6.07) is 21.4. The molecule has 0 spiro atoms. The topological polar surface area (TPSA) is 108 Å². The van der Waals surface area contributed by atoms with Crippen LogP contribution in [0.4, 0.5) is 10.5 Å². The van der Waals surface area contributed by atoms with Gasteiger partial charge in [0.25, 0.3) is 11.8 Å². The molecule has 0 saturated carbocycles. The molecule has 1 N–H and O–H groups in total. The number of fused-ring (bicyclic) bond motifs is 2. The minimum absolute atomic E-state index is 0.0611. The number of carbonyl (C=O) groups excluding carboxylic acids is 4. The third-order valence-corrected chi connectivity index (χ3v) is 9.21. The number of hydrogen-bond acceptors (Lipinski definition) is 7. The van der Waals surface area contributed by atoms with E-state index in [1.165, 1.54) is 11.8 Å². The van der Waals surface area contributed by atoms with Gasteiger partial charge in [-0.1, -0.05) is 40.2 Å². The van der Waals surface area contributed by atoms with Crippen molar-refractivity contribution >= 4 is 45.4 Å². The van der Waals surface area contributed by atoms with Crippen LogP contribution in [-0.2, 0) is 9.53 Å². The van der Waals surface area contributed by atoms with Crippen molar-refractivity contribution < 1.29 is 28.7 Å². The largest absolute Gasteiger partial charge is 0.497 e. The van der Waals surface area contributed by atoms with E-state index in [-0.39, 0.29) is 48.9 Å². The molecule has 0 radical (unpaired) electrons. The number of anilines is 1. The normalized spacial score (nSPS) is 23.2. The SMILES string of the molecule is COc1ccc(NC(=O)N2C[C@@H](OC(C)=O)CCN3[C@H](CN4C(=O)c5ccccc5C4=O)[C@H](c4ccc(Br)cc4)[C@@H]3C2)cc1. The van der Waals surface area contributed by atoms with E-state index in [1.54, 1.807) is 60.5 Å². The molecule has 3 aliphatic heterocycles. The summed E-state index contributed by atoms with van der Waals surface area (Å²) in [5.41, 5.74) is 2.50. The zero-order valence-corrected chi connectivity index (χ0v) is 26.0. The van der Waals surface area contributed by atoms with Crippen LogP contribution in [0.15, 0.2) is 77.3 Å². The summed E-state index contributed by atoms with van der Waals surface area (Å²) in [4.78, 5) is 57.6. The first kappa shape index (κ1) is 29.8. The van der Waals surface area contributed by atoms with Crippen molar-refractivity contribution in [3.8, 4) is 5.75 Å². The molecule has 4 atom stereocenters. The number of carbonyl (C=O) groups is 4. The second-order valence-corrected chi connectivity index (χ2v) is 12.2. The Balaban J connectivity index is 1.29. The number of ether oxygens (including phenoxy) is 2. The van der Waals surface area contributed by atoms with Gasteiger partial charge in [0.05, 0.1) is 24.8 Å². The van der Waals surface area contributed by atoms with Gasteiger partial charge < -0.3 is 19.7 Å². The first-order chi connectivity index (χ1) is 21.2. The van der Waals surface area contributed by atoms with Crippen molar-refractivity contribution in [2.45, 2.75) is 37.5 Å². The fourth-order valence-corrected chi connectivity index (χ4v) is 6.87. The Labute approximate surface area is 264 Å². The van der Waals surface area contributed by atoms with Crippen molar-refractivity contribution in [2.24, 2.45) is 0 Å². The maximum absolute atomic E-state index is 13.7. The van der Waals surface area contributed by atoms with Crippen molar-refractivity contribution in [3.05, 3.63) is 94.0 Å². The monoisotopic (exact) mass is 660 g/mol. The smallest absolute Gasteiger partial charge is 0.322 e. The van der Waals surface area contributed by atoms with E-state index in [9.17, 15) is 19.2 Å². The summed E-state index contributed by atoms with van der Waals surface area (Å²) in [6.45, 7) is 2.75. The molecule has 0 unspecified atom stereocenters. The van der Waals surface area contributed by atoms with Crippen LogP contribution in [0, 0.1) is 0 Å². The van der Waals surface area contributed by atoms with Crippen LogP contribution >= 0.6 is 15.9 Å². The van der Waals surface area contributed by atoms with Gasteiger partial charge in [-0.3, -0.25) is 24.2 Å². The van der Waals surface area contributed by atoms with Crippen molar-refractivity contribution in [2.75, 3.05) is 38.6 Å². The molecule has 10 nitrogen and oxygen atoms in total. The van der Waals surface area contributed by atoms with E-state index in [0.29, 0.717) is 42.1 Å². The number of rotatable bonds is 6. The molecule has 11 heteroatoms. The number of nitrogens with one attached hydrogen (secondary N) is 1. The number of methoxy groups -OCH3 is 1. The number of benzene rings is 3. The minimum Gasteiger partial charge on any atom is -0.497 e. The summed E-state index contributed by atoms with van der Waals surface area (Å²) in [6.07, 6.45) is -0.0181. The number of hydrogen-bond donors (Lipinski definition) is 1. The molecule has 3 heterocycles. The standard InChI is InChI=1S/C33H33BrN4O6/c1-20(39)44-25-15-16-37-28(18-36(17-25)33(42)35-23-11-13-24(43-2)14-12-23)30(21-7-9-22(34)10-8-21)29(37)19-38-31(40)26-5-3-4-6-27(26)32(38)41/h3-14,25,28-30H,15-19H2,1-2H3,(H,35,42)/t25-,28-,29+,30+/m0/s1. The summed E-state index contributed by atoms with van der Waals surface area (Å²) < 4.78 is 11.8. The Bertz CT molecular complexity index is 1540. The highest BCUT2D eigenvalue weighted by atomic mass is 79.9. The lowest BCUT2D eigenvalue weighted by Gasteiger charge is -2.58. The first-order valence-electron chi connectivity index (χ1n) is 14.6. The molecule has 2 saturated heterocycles. The second kappa shape index (κ2) is 12.4. The molecule has 6 rings (SSSR count). The van der Waals surface area contributed by atoms with E-state index < -0.39 is 12.1 Å². The maximum Gasteiger partial charge on any atom is 0.322 e. The maximum atomic E-state index is 13.7. The minimum atomic E-state index is -0.512. The number of halogens is 1. The average molecular weight is 662 g/mol. The molecule has 0 bridgehead atoms. The fourth-order valence-electron chi connectivity index (χ4n) is 6.61. The molecular formula is C33H33BrN4O6. The van der Waals surface area contributed by atoms with E-state index in [2.05, 4.69) is 26.1 Å². The third kappa shape index (κ3) is 5.81.